The van der Waals surface area contributed by atoms with Gasteiger partial charge in [0.05, 0.1) is 0 Å². The molecule has 0 fully saturated rings. The molecule has 2 amide bonds. The second-order valence-electron chi connectivity index (χ2n) is 2.77. The van der Waals surface area contributed by atoms with Crippen molar-refractivity contribution in [2.45, 2.75) is 6.18 Å². The van der Waals surface area contributed by atoms with Gasteiger partial charge in [-0.1, -0.05) is 18.2 Å². The number of hydrazine groups is 1. The lowest BCUT2D eigenvalue weighted by Gasteiger charge is -2.08. The predicted molar refractivity (Wildman–Crippen MR) is 48.1 cm³/mol. The molecule has 1 aromatic carbocycles. The summed E-state index contributed by atoms with van der Waals surface area (Å²) in [4.78, 5) is 21.5. The van der Waals surface area contributed by atoms with Crippen LogP contribution >= 0.6 is 0 Å². The van der Waals surface area contributed by atoms with Gasteiger partial charge in [0.2, 0.25) is 0 Å². The number of carbonyl (C=O) groups is 2. The Bertz CT molecular complexity index is 389. The second-order valence-corrected chi connectivity index (χ2v) is 2.77. The lowest BCUT2D eigenvalue weighted by molar-refractivity contribution is -0.174. The van der Waals surface area contributed by atoms with Gasteiger partial charge >= 0.3 is 12.1 Å². The number of nitrogens with one attached hydrogen (secondary N) is 2. The fourth-order valence-electron chi connectivity index (χ4n) is 0.846. The Morgan fingerprint density at radius 3 is 2.06 bits per heavy atom. The Labute approximate surface area is 88.4 Å². The molecule has 1 rings (SSSR count). The van der Waals surface area contributed by atoms with Crippen LogP contribution in [0.25, 0.3) is 0 Å². The van der Waals surface area contributed by atoms with Crippen molar-refractivity contribution in [3.63, 3.8) is 0 Å². The van der Waals surface area contributed by atoms with Crippen molar-refractivity contribution in [2.24, 2.45) is 0 Å². The Hall–Kier alpha value is -2.05. The van der Waals surface area contributed by atoms with Crippen LogP contribution in [-0.4, -0.2) is 18.0 Å². The molecule has 0 heterocycles. The van der Waals surface area contributed by atoms with Crippen molar-refractivity contribution in [3.8, 4) is 0 Å². The number of rotatable bonds is 1. The van der Waals surface area contributed by atoms with E-state index in [2.05, 4.69) is 0 Å². The largest absolute Gasteiger partial charge is 0.472 e. The Morgan fingerprint density at radius 2 is 1.56 bits per heavy atom. The third-order valence-corrected chi connectivity index (χ3v) is 1.58. The first-order valence-electron chi connectivity index (χ1n) is 4.14. The van der Waals surface area contributed by atoms with E-state index in [1.807, 2.05) is 0 Å². The molecule has 0 bridgehead atoms. The van der Waals surface area contributed by atoms with Gasteiger partial charge in [-0.2, -0.15) is 13.2 Å². The van der Waals surface area contributed by atoms with Crippen LogP contribution in [0.4, 0.5) is 13.2 Å². The summed E-state index contributed by atoms with van der Waals surface area (Å²) in [6.45, 7) is 0. The maximum Gasteiger partial charge on any atom is 0.472 e. The number of hydrogen-bond donors (Lipinski definition) is 2. The quantitative estimate of drug-likeness (QED) is 0.710. The van der Waals surface area contributed by atoms with E-state index in [0.717, 1.165) is 0 Å². The lowest BCUT2D eigenvalue weighted by Crippen LogP contribution is -2.47. The van der Waals surface area contributed by atoms with Crippen LogP contribution in [0, 0.1) is 0 Å². The summed E-state index contributed by atoms with van der Waals surface area (Å²) >= 11 is 0. The maximum absolute atomic E-state index is 11.7. The van der Waals surface area contributed by atoms with Gasteiger partial charge in [-0.05, 0) is 12.1 Å². The SMILES string of the molecule is O=C(NNC(=O)C(F)(F)F)c1ccccc1. The first-order chi connectivity index (χ1) is 7.41. The molecule has 16 heavy (non-hydrogen) atoms. The number of amides is 2. The number of carbonyl (C=O) groups excluding carboxylic acids is 2. The van der Waals surface area contributed by atoms with Gasteiger partial charge < -0.3 is 0 Å². The molecule has 0 aromatic heterocycles. The first-order valence-corrected chi connectivity index (χ1v) is 4.14. The molecule has 0 radical (unpaired) electrons. The van der Waals surface area contributed by atoms with Crippen LogP contribution < -0.4 is 10.9 Å². The monoisotopic (exact) mass is 232 g/mol. The number of alkyl halides is 3. The average Bonchev–Trinajstić information content (AvgIpc) is 2.25. The van der Waals surface area contributed by atoms with Crippen LogP contribution in [0.15, 0.2) is 30.3 Å². The smallest absolute Gasteiger partial charge is 0.267 e. The minimum atomic E-state index is -5.02. The molecule has 2 N–H and O–H groups in total. The van der Waals surface area contributed by atoms with Gasteiger partial charge in [-0.25, -0.2) is 0 Å². The maximum atomic E-state index is 11.7. The van der Waals surface area contributed by atoms with Crippen LogP contribution in [0.1, 0.15) is 10.4 Å². The highest BCUT2D eigenvalue weighted by atomic mass is 19.4. The normalized spacial score (nSPS) is 10.7. The zero-order valence-electron chi connectivity index (χ0n) is 7.84. The van der Waals surface area contributed by atoms with Gasteiger partial charge in [-0.3, -0.25) is 20.4 Å². The number of halogens is 3. The Kier molecular flexibility index (Phi) is 3.49. The van der Waals surface area contributed by atoms with Crippen LogP contribution in [0.5, 0.6) is 0 Å². The minimum Gasteiger partial charge on any atom is -0.267 e. The van der Waals surface area contributed by atoms with E-state index in [-0.39, 0.29) is 5.56 Å². The van der Waals surface area contributed by atoms with Crippen LogP contribution in [0.3, 0.4) is 0 Å². The Morgan fingerprint density at radius 1 is 1.00 bits per heavy atom. The van der Waals surface area contributed by atoms with Gasteiger partial charge in [0.25, 0.3) is 5.91 Å². The van der Waals surface area contributed by atoms with E-state index >= 15 is 0 Å². The first kappa shape index (κ1) is 12.0. The Balaban J connectivity index is 2.52. The van der Waals surface area contributed by atoms with Crippen molar-refractivity contribution >= 4 is 11.8 Å². The standard InChI is InChI=1S/C9H7F3N2O2/c10-9(11,12)8(16)14-13-7(15)6-4-2-1-3-5-6/h1-5H,(H,13,15)(H,14,16). The fraction of sp³-hybridized carbons (Fsp3) is 0.111. The van der Waals surface area contributed by atoms with E-state index in [1.165, 1.54) is 17.6 Å². The summed E-state index contributed by atoms with van der Waals surface area (Å²) in [5, 5.41) is 0. The highest BCUT2D eigenvalue weighted by Gasteiger charge is 2.38. The lowest BCUT2D eigenvalue weighted by atomic mass is 10.2. The van der Waals surface area contributed by atoms with Gasteiger partial charge in [0.1, 0.15) is 0 Å². The zero-order chi connectivity index (χ0) is 12.2. The van der Waals surface area contributed by atoms with E-state index in [9.17, 15) is 22.8 Å². The van der Waals surface area contributed by atoms with E-state index in [4.69, 9.17) is 0 Å². The topological polar surface area (TPSA) is 58.2 Å². The molecule has 0 saturated carbocycles. The molecule has 1 aromatic rings. The molecule has 7 heteroatoms. The molecule has 0 saturated heterocycles. The van der Waals surface area contributed by atoms with Gasteiger partial charge in [0.15, 0.2) is 0 Å². The molecular weight excluding hydrogens is 225 g/mol. The molecule has 0 aliphatic rings. The van der Waals surface area contributed by atoms with E-state index in [1.54, 1.807) is 23.6 Å². The van der Waals surface area contributed by atoms with E-state index in [0.29, 0.717) is 0 Å². The van der Waals surface area contributed by atoms with Crippen LogP contribution in [0.2, 0.25) is 0 Å². The predicted octanol–water partition coefficient (Wildman–Crippen LogP) is 1.01. The number of hydrogen-bond acceptors (Lipinski definition) is 2. The fourth-order valence-corrected chi connectivity index (χ4v) is 0.846. The third-order valence-electron chi connectivity index (χ3n) is 1.58. The summed E-state index contributed by atoms with van der Waals surface area (Å²) in [5.74, 6) is -3.05. The summed E-state index contributed by atoms with van der Waals surface area (Å²) < 4.78 is 35.2. The molecule has 0 aliphatic carbocycles. The average molecular weight is 232 g/mol. The molecule has 0 unspecified atom stereocenters. The van der Waals surface area contributed by atoms with Gasteiger partial charge in [0, 0.05) is 5.56 Å². The number of benzene rings is 1. The summed E-state index contributed by atoms with van der Waals surface area (Å²) in [5.41, 5.74) is 3.05. The highest BCUT2D eigenvalue weighted by Crippen LogP contribution is 2.13. The second kappa shape index (κ2) is 4.65. The van der Waals surface area contributed by atoms with Crippen molar-refractivity contribution in [2.75, 3.05) is 0 Å². The van der Waals surface area contributed by atoms with Crippen molar-refractivity contribution in [1.29, 1.82) is 0 Å². The van der Waals surface area contributed by atoms with Crippen molar-refractivity contribution in [3.05, 3.63) is 35.9 Å². The molecule has 0 aliphatic heterocycles. The van der Waals surface area contributed by atoms with Crippen molar-refractivity contribution < 1.29 is 22.8 Å². The van der Waals surface area contributed by atoms with Crippen LogP contribution in [-0.2, 0) is 4.79 Å². The summed E-state index contributed by atoms with van der Waals surface area (Å²) in [6.07, 6.45) is -5.02. The zero-order valence-corrected chi connectivity index (χ0v) is 7.84. The van der Waals surface area contributed by atoms with Crippen molar-refractivity contribution in [1.82, 2.24) is 10.9 Å². The molecule has 86 valence electrons. The molecular formula is C9H7F3N2O2. The van der Waals surface area contributed by atoms with E-state index < -0.39 is 18.0 Å². The third kappa shape index (κ3) is 3.26. The molecule has 0 atom stereocenters. The summed E-state index contributed by atoms with van der Waals surface area (Å²) in [6, 6.07) is 7.52. The molecule has 0 spiro atoms. The minimum absolute atomic E-state index is 0.143. The summed E-state index contributed by atoms with van der Waals surface area (Å²) in [7, 11) is 0. The van der Waals surface area contributed by atoms with Gasteiger partial charge in [-0.15, -0.1) is 0 Å². The highest BCUT2D eigenvalue weighted by molar-refractivity contribution is 5.95. The molecule has 4 nitrogen and oxygen atoms in total.